The molecule has 9 nitrogen and oxygen atoms in total. The fraction of sp³-hybridized carbons (Fsp3) is 0.421. The first kappa shape index (κ1) is 16.9. The lowest BCUT2D eigenvalue weighted by Gasteiger charge is -2.09. The number of hydrogen-bond donors (Lipinski definition) is 4. The minimum atomic E-state index is -0.0791. The van der Waals surface area contributed by atoms with Gasteiger partial charge < -0.3 is 20.4 Å². The first-order valence-corrected chi connectivity index (χ1v) is 9.56. The zero-order valence-corrected chi connectivity index (χ0v) is 15.3. The molecule has 2 aliphatic rings. The van der Waals surface area contributed by atoms with Gasteiger partial charge >= 0.3 is 0 Å². The van der Waals surface area contributed by atoms with Crippen LogP contribution in [0.2, 0.25) is 0 Å². The lowest BCUT2D eigenvalue weighted by Crippen LogP contribution is -2.07. The Balaban J connectivity index is 1.65. The van der Waals surface area contributed by atoms with Crippen LogP contribution in [-0.4, -0.2) is 44.5 Å². The average molecular weight is 383 g/mol. The summed E-state index contributed by atoms with van der Waals surface area (Å²) in [6, 6.07) is 0. The molecule has 0 saturated heterocycles. The van der Waals surface area contributed by atoms with Crippen molar-refractivity contribution in [2.75, 3.05) is 0 Å². The maximum Gasteiger partial charge on any atom is 0.244 e. The Morgan fingerprint density at radius 2 is 0.893 bits per heavy atom. The third-order valence-corrected chi connectivity index (χ3v) is 5.81. The van der Waals surface area contributed by atoms with Crippen LogP contribution >= 0.6 is 0 Å². The van der Waals surface area contributed by atoms with Crippen molar-refractivity contribution < 1.29 is 20.4 Å². The van der Waals surface area contributed by atoms with Crippen LogP contribution in [0.1, 0.15) is 47.9 Å². The van der Waals surface area contributed by atoms with E-state index in [2.05, 4.69) is 15.0 Å². The van der Waals surface area contributed by atoms with Crippen molar-refractivity contribution >= 4 is 0 Å². The smallest absolute Gasteiger partial charge is 0.244 e. The summed E-state index contributed by atoms with van der Waals surface area (Å²) in [6.07, 6.45) is 7.76. The molecule has 3 aromatic rings. The lowest BCUT2D eigenvalue weighted by molar-refractivity contribution is 0.391. The molecule has 0 atom stereocenters. The summed E-state index contributed by atoms with van der Waals surface area (Å²) in [7, 11) is 0. The molecule has 3 heterocycles. The second-order valence-electron chi connectivity index (χ2n) is 7.38. The number of nitrogens with zero attached hydrogens (tertiary/aromatic N) is 5. The van der Waals surface area contributed by atoms with E-state index in [9.17, 15) is 20.4 Å². The molecular weight excluding hydrogens is 362 g/mol. The Morgan fingerprint density at radius 1 is 0.571 bits per heavy atom. The van der Waals surface area contributed by atoms with Crippen LogP contribution < -0.4 is 0 Å². The van der Waals surface area contributed by atoms with E-state index in [1.807, 2.05) is 0 Å². The molecule has 0 unspecified atom stereocenters. The molecular formula is C19H21N5O4. The summed E-state index contributed by atoms with van der Waals surface area (Å²) in [5.74, 6) is -0.261. The van der Waals surface area contributed by atoms with Gasteiger partial charge in [-0.3, -0.25) is 0 Å². The third kappa shape index (κ3) is 2.28. The van der Waals surface area contributed by atoms with Crippen LogP contribution in [-0.2, 0) is 25.7 Å². The van der Waals surface area contributed by atoms with Gasteiger partial charge in [-0.15, -0.1) is 0 Å². The predicted octanol–water partition coefficient (Wildman–Crippen LogP) is 2.03. The van der Waals surface area contributed by atoms with Gasteiger partial charge in [-0.05, 0) is 51.4 Å². The largest absolute Gasteiger partial charge is 0.494 e. The molecule has 4 N–H and O–H groups in total. The monoisotopic (exact) mass is 383 g/mol. The molecule has 3 aromatic heterocycles. The summed E-state index contributed by atoms with van der Waals surface area (Å²) >= 11 is 0. The molecule has 9 heteroatoms. The summed E-state index contributed by atoms with van der Waals surface area (Å²) in [5.41, 5.74) is 2.86. The number of hydrogen-bond acceptors (Lipinski definition) is 7. The van der Waals surface area contributed by atoms with Crippen molar-refractivity contribution in [2.24, 2.45) is 0 Å². The molecule has 0 aliphatic heterocycles. The molecule has 0 saturated carbocycles. The van der Waals surface area contributed by atoms with Crippen molar-refractivity contribution in [3.63, 3.8) is 0 Å². The molecule has 0 fully saturated rings. The highest BCUT2D eigenvalue weighted by Crippen LogP contribution is 2.41. The highest BCUT2D eigenvalue weighted by molar-refractivity contribution is 5.52. The van der Waals surface area contributed by atoms with E-state index in [0.717, 1.165) is 25.7 Å². The Kier molecular flexibility index (Phi) is 3.71. The van der Waals surface area contributed by atoms with Crippen LogP contribution in [0, 0.1) is 0 Å². The first-order valence-electron chi connectivity index (χ1n) is 9.56. The van der Waals surface area contributed by atoms with Gasteiger partial charge in [0.2, 0.25) is 35.4 Å². The summed E-state index contributed by atoms with van der Waals surface area (Å²) in [6.45, 7) is 0. The molecule has 2 aliphatic carbocycles. The van der Waals surface area contributed by atoms with E-state index in [1.54, 1.807) is 0 Å². The Hall–Kier alpha value is -3.23. The van der Waals surface area contributed by atoms with Crippen molar-refractivity contribution in [3.8, 4) is 35.4 Å². The quantitative estimate of drug-likeness (QED) is 0.533. The minimum absolute atomic E-state index is 0.0277. The SMILES string of the molecule is Oc1c2c(c(O)n1-c1ncnc(-n3c(O)c4c(c3O)CCCC4)n1)CCCC2. The molecule has 0 aromatic carbocycles. The van der Waals surface area contributed by atoms with E-state index >= 15 is 0 Å². The van der Waals surface area contributed by atoms with Crippen LogP contribution in [0.5, 0.6) is 23.5 Å². The molecule has 0 bridgehead atoms. The van der Waals surface area contributed by atoms with Crippen molar-refractivity contribution in [2.45, 2.75) is 51.4 Å². The Bertz CT molecular complexity index is 944. The summed E-state index contributed by atoms with van der Waals surface area (Å²) < 4.78 is 2.39. The normalized spacial score (nSPS) is 16.0. The molecule has 28 heavy (non-hydrogen) atoms. The predicted molar refractivity (Wildman–Crippen MR) is 98.4 cm³/mol. The topological polar surface area (TPSA) is 129 Å². The number of rotatable bonds is 2. The fourth-order valence-electron chi connectivity index (χ4n) is 4.41. The van der Waals surface area contributed by atoms with Gasteiger partial charge in [0.05, 0.1) is 0 Å². The molecule has 0 amide bonds. The van der Waals surface area contributed by atoms with Gasteiger partial charge in [-0.2, -0.15) is 4.98 Å². The van der Waals surface area contributed by atoms with Gasteiger partial charge in [0.1, 0.15) is 6.33 Å². The number of aromatic hydroxyl groups is 4. The number of aromatic nitrogens is 5. The lowest BCUT2D eigenvalue weighted by atomic mass is 9.95. The summed E-state index contributed by atoms with van der Waals surface area (Å²) in [5, 5.41) is 42.4. The Morgan fingerprint density at radius 3 is 1.21 bits per heavy atom. The van der Waals surface area contributed by atoms with E-state index in [0.29, 0.717) is 47.9 Å². The van der Waals surface area contributed by atoms with Gasteiger partial charge in [0.25, 0.3) is 0 Å². The van der Waals surface area contributed by atoms with E-state index in [4.69, 9.17) is 0 Å². The second kappa shape index (κ2) is 6.15. The van der Waals surface area contributed by atoms with Crippen LogP contribution in [0.3, 0.4) is 0 Å². The van der Waals surface area contributed by atoms with Crippen LogP contribution in [0.15, 0.2) is 6.33 Å². The maximum absolute atomic E-state index is 10.6. The van der Waals surface area contributed by atoms with Gasteiger partial charge in [0, 0.05) is 22.3 Å². The van der Waals surface area contributed by atoms with Crippen LogP contribution in [0.25, 0.3) is 11.9 Å². The van der Waals surface area contributed by atoms with Gasteiger partial charge in [-0.25, -0.2) is 19.1 Å². The molecule has 5 rings (SSSR count). The summed E-state index contributed by atoms with van der Waals surface area (Å²) in [4.78, 5) is 12.5. The zero-order valence-electron chi connectivity index (χ0n) is 15.3. The van der Waals surface area contributed by atoms with Crippen molar-refractivity contribution in [3.05, 3.63) is 28.6 Å². The standard InChI is InChI=1S/C19H21N5O4/c25-14-10-5-1-2-6-11(10)15(26)23(14)18-20-9-21-19(22-18)24-16(27)12-7-3-4-8-13(12)17(24)28/h9,25-28H,1-8H2. The number of fused-ring (bicyclic) bond motifs is 2. The fourth-order valence-corrected chi connectivity index (χ4v) is 4.41. The first-order chi connectivity index (χ1) is 13.6. The van der Waals surface area contributed by atoms with Crippen molar-refractivity contribution in [1.29, 1.82) is 0 Å². The molecule has 146 valence electrons. The Labute approximate surface area is 160 Å². The third-order valence-electron chi connectivity index (χ3n) is 5.81. The highest BCUT2D eigenvalue weighted by atomic mass is 16.3. The van der Waals surface area contributed by atoms with E-state index < -0.39 is 0 Å². The van der Waals surface area contributed by atoms with E-state index in [-0.39, 0.29) is 35.4 Å². The maximum atomic E-state index is 10.6. The highest BCUT2D eigenvalue weighted by Gasteiger charge is 2.29. The zero-order chi connectivity index (χ0) is 19.4. The second-order valence-corrected chi connectivity index (χ2v) is 7.38. The van der Waals surface area contributed by atoms with Gasteiger partial charge in [-0.1, -0.05) is 0 Å². The molecule has 0 radical (unpaired) electrons. The average Bonchev–Trinajstić information content (AvgIpc) is 3.13. The van der Waals surface area contributed by atoms with Gasteiger partial charge in [0.15, 0.2) is 0 Å². The van der Waals surface area contributed by atoms with Crippen LogP contribution in [0.4, 0.5) is 0 Å². The minimum Gasteiger partial charge on any atom is -0.494 e. The molecule has 0 spiro atoms. The van der Waals surface area contributed by atoms with Crippen molar-refractivity contribution in [1.82, 2.24) is 24.1 Å². The van der Waals surface area contributed by atoms with E-state index in [1.165, 1.54) is 15.5 Å².